The van der Waals surface area contributed by atoms with Gasteiger partial charge in [-0.3, -0.25) is 4.79 Å². The molecule has 0 fully saturated rings. The number of hydrogen-bond acceptors (Lipinski definition) is 4. The van der Waals surface area contributed by atoms with Crippen LogP contribution in [-0.4, -0.2) is 40.4 Å². The first-order valence-electron chi connectivity index (χ1n) is 11.8. The molecule has 0 aromatic heterocycles. The molecule has 0 radical (unpaired) electrons. The van der Waals surface area contributed by atoms with Crippen LogP contribution in [0.2, 0.25) is 0 Å². The summed E-state index contributed by atoms with van der Waals surface area (Å²) < 4.78 is 5.51. The van der Waals surface area contributed by atoms with Gasteiger partial charge in [-0.1, -0.05) is 81.1 Å². The Bertz CT molecular complexity index is 990. The number of carboxylic acids is 2. The van der Waals surface area contributed by atoms with E-state index in [-0.39, 0.29) is 24.9 Å². The zero-order valence-corrected chi connectivity index (χ0v) is 19.8. The van der Waals surface area contributed by atoms with E-state index >= 15 is 0 Å². The van der Waals surface area contributed by atoms with Crippen LogP contribution in [0.5, 0.6) is 0 Å². The number of carboxylic acid groups (broad SMARTS) is 2. The van der Waals surface area contributed by atoms with Crippen molar-refractivity contribution in [1.82, 2.24) is 5.32 Å². The highest BCUT2D eigenvalue weighted by atomic mass is 16.5. The lowest BCUT2D eigenvalue weighted by Crippen LogP contribution is -2.52. The highest BCUT2D eigenvalue weighted by Gasteiger charge is 2.36. The van der Waals surface area contributed by atoms with Crippen LogP contribution in [0.4, 0.5) is 4.79 Å². The third kappa shape index (κ3) is 5.95. The normalized spacial score (nSPS) is 15.0. The molecule has 0 saturated carbocycles. The van der Waals surface area contributed by atoms with Crippen LogP contribution >= 0.6 is 0 Å². The second-order valence-corrected chi connectivity index (χ2v) is 9.28. The SMILES string of the molecule is CC(CCCCCCC(C)(NC(=O)OCC1c2ccccc2-c2ccccc21)C(=O)O)C(=O)O. The minimum Gasteiger partial charge on any atom is -0.481 e. The lowest BCUT2D eigenvalue weighted by molar-refractivity contribution is -0.144. The molecule has 0 heterocycles. The Balaban J connectivity index is 1.51. The summed E-state index contributed by atoms with van der Waals surface area (Å²) in [5.74, 6) is -2.38. The fourth-order valence-electron chi connectivity index (χ4n) is 4.49. The smallest absolute Gasteiger partial charge is 0.408 e. The molecule has 2 aromatic rings. The van der Waals surface area contributed by atoms with Crippen molar-refractivity contribution in [3.63, 3.8) is 0 Å². The maximum absolute atomic E-state index is 12.6. The number of fused-ring (bicyclic) bond motifs is 3. The first kappa shape index (κ1) is 25.3. The minimum atomic E-state index is -1.43. The van der Waals surface area contributed by atoms with Gasteiger partial charge in [0.15, 0.2) is 0 Å². The van der Waals surface area contributed by atoms with Gasteiger partial charge in [0, 0.05) is 5.92 Å². The Morgan fingerprint density at radius 2 is 1.50 bits per heavy atom. The summed E-state index contributed by atoms with van der Waals surface area (Å²) in [7, 11) is 0. The molecule has 7 nitrogen and oxygen atoms in total. The van der Waals surface area contributed by atoms with E-state index in [2.05, 4.69) is 17.4 Å². The molecule has 0 saturated heterocycles. The molecular weight excluding hydrogens is 434 g/mol. The minimum absolute atomic E-state index is 0.0950. The van der Waals surface area contributed by atoms with Crippen molar-refractivity contribution in [2.45, 2.75) is 63.8 Å². The second kappa shape index (κ2) is 11.2. The summed E-state index contributed by atoms with van der Waals surface area (Å²) >= 11 is 0. The van der Waals surface area contributed by atoms with Gasteiger partial charge in [0.05, 0.1) is 5.92 Å². The van der Waals surface area contributed by atoms with Crippen LogP contribution in [0.1, 0.15) is 69.4 Å². The monoisotopic (exact) mass is 467 g/mol. The van der Waals surface area contributed by atoms with Crippen LogP contribution in [0.25, 0.3) is 11.1 Å². The van der Waals surface area contributed by atoms with Crippen molar-refractivity contribution in [2.75, 3.05) is 6.61 Å². The number of alkyl carbamates (subject to hydrolysis) is 1. The number of ether oxygens (including phenoxy) is 1. The van der Waals surface area contributed by atoms with Crippen LogP contribution in [-0.2, 0) is 14.3 Å². The van der Waals surface area contributed by atoms with Crippen LogP contribution in [0.15, 0.2) is 48.5 Å². The van der Waals surface area contributed by atoms with E-state index in [4.69, 9.17) is 9.84 Å². The Morgan fingerprint density at radius 1 is 0.941 bits per heavy atom. The molecular formula is C27H33NO6. The topological polar surface area (TPSA) is 113 Å². The lowest BCUT2D eigenvalue weighted by Gasteiger charge is -2.26. The van der Waals surface area contributed by atoms with Crippen molar-refractivity contribution in [2.24, 2.45) is 5.92 Å². The van der Waals surface area contributed by atoms with Crippen molar-refractivity contribution >= 4 is 18.0 Å². The van der Waals surface area contributed by atoms with Crippen LogP contribution in [0.3, 0.4) is 0 Å². The molecule has 7 heteroatoms. The molecule has 0 bridgehead atoms. The highest BCUT2D eigenvalue weighted by molar-refractivity contribution is 5.84. The van der Waals surface area contributed by atoms with Gasteiger partial charge in [-0.2, -0.15) is 0 Å². The molecule has 3 rings (SSSR count). The number of amides is 1. The predicted octanol–water partition coefficient (Wildman–Crippen LogP) is 5.43. The van der Waals surface area contributed by atoms with E-state index in [9.17, 15) is 19.5 Å². The molecule has 1 aliphatic carbocycles. The van der Waals surface area contributed by atoms with Gasteiger partial charge in [0.25, 0.3) is 0 Å². The fourth-order valence-corrected chi connectivity index (χ4v) is 4.49. The number of rotatable bonds is 12. The van der Waals surface area contributed by atoms with Crippen LogP contribution in [0, 0.1) is 5.92 Å². The molecule has 2 atom stereocenters. The molecule has 3 N–H and O–H groups in total. The summed E-state index contributed by atoms with van der Waals surface area (Å²) in [6.45, 7) is 3.29. The fraction of sp³-hybridized carbons (Fsp3) is 0.444. The van der Waals surface area contributed by atoms with E-state index in [0.717, 1.165) is 41.5 Å². The first-order valence-corrected chi connectivity index (χ1v) is 11.8. The van der Waals surface area contributed by atoms with Gasteiger partial charge in [0.2, 0.25) is 0 Å². The number of carbonyl (C=O) groups excluding carboxylic acids is 1. The van der Waals surface area contributed by atoms with Crippen LogP contribution < -0.4 is 5.32 Å². The number of nitrogens with one attached hydrogen (secondary N) is 1. The number of unbranched alkanes of at least 4 members (excludes halogenated alkanes) is 3. The van der Waals surface area contributed by atoms with Gasteiger partial charge in [0.1, 0.15) is 12.1 Å². The summed E-state index contributed by atoms with van der Waals surface area (Å²) in [6.07, 6.45) is 3.08. The van der Waals surface area contributed by atoms with Crippen molar-refractivity contribution in [3.05, 3.63) is 59.7 Å². The summed E-state index contributed by atoms with van der Waals surface area (Å²) in [5, 5.41) is 21.2. The Hall–Kier alpha value is -3.35. The zero-order valence-electron chi connectivity index (χ0n) is 19.8. The largest absolute Gasteiger partial charge is 0.481 e. The van der Waals surface area contributed by atoms with Gasteiger partial charge in [-0.15, -0.1) is 0 Å². The highest BCUT2D eigenvalue weighted by Crippen LogP contribution is 2.44. The van der Waals surface area contributed by atoms with E-state index in [0.29, 0.717) is 12.8 Å². The second-order valence-electron chi connectivity index (χ2n) is 9.28. The van der Waals surface area contributed by atoms with E-state index < -0.39 is 23.6 Å². The number of aliphatic carboxylic acids is 2. The summed E-state index contributed by atoms with van der Waals surface area (Å²) in [5.41, 5.74) is 3.00. The van der Waals surface area contributed by atoms with E-state index in [1.807, 2.05) is 36.4 Å². The third-order valence-electron chi connectivity index (χ3n) is 6.68. The molecule has 0 spiro atoms. The average Bonchev–Trinajstić information content (AvgIpc) is 3.13. The predicted molar refractivity (Wildman–Crippen MR) is 129 cm³/mol. The van der Waals surface area contributed by atoms with Gasteiger partial charge >= 0.3 is 18.0 Å². The third-order valence-corrected chi connectivity index (χ3v) is 6.68. The maximum atomic E-state index is 12.6. The Kier molecular flexibility index (Phi) is 8.31. The van der Waals surface area contributed by atoms with E-state index in [1.54, 1.807) is 6.92 Å². The van der Waals surface area contributed by atoms with Crippen molar-refractivity contribution < 1.29 is 29.3 Å². The quantitative estimate of drug-likeness (QED) is 0.359. The zero-order chi connectivity index (χ0) is 24.7. The van der Waals surface area contributed by atoms with Gasteiger partial charge in [-0.05, 0) is 42.0 Å². The maximum Gasteiger partial charge on any atom is 0.408 e. The molecule has 1 aliphatic rings. The molecule has 34 heavy (non-hydrogen) atoms. The summed E-state index contributed by atoms with van der Waals surface area (Å²) in [4.78, 5) is 35.3. The molecule has 2 aromatic carbocycles. The number of carbonyl (C=O) groups is 3. The van der Waals surface area contributed by atoms with Crippen molar-refractivity contribution in [1.29, 1.82) is 0 Å². The molecule has 182 valence electrons. The Labute approximate surface area is 200 Å². The van der Waals surface area contributed by atoms with Crippen molar-refractivity contribution in [3.8, 4) is 11.1 Å². The summed E-state index contributed by atoms with van der Waals surface area (Å²) in [6, 6.07) is 16.0. The average molecular weight is 468 g/mol. The molecule has 1 amide bonds. The standard InChI is InChI=1S/C27H33NO6/c1-18(24(29)30)11-5-3-4-10-16-27(2,25(31)32)28-26(33)34-17-23-21-14-8-6-12-19(21)20-13-7-9-15-22(20)23/h6-9,12-15,18,23H,3-5,10-11,16-17H2,1-2H3,(H,28,33)(H,29,30)(H,31,32). The first-order chi connectivity index (χ1) is 16.2. The number of hydrogen-bond donors (Lipinski definition) is 3. The lowest BCUT2D eigenvalue weighted by atomic mass is 9.93. The Morgan fingerprint density at radius 3 is 2.06 bits per heavy atom. The number of benzene rings is 2. The molecule has 2 unspecified atom stereocenters. The van der Waals surface area contributed by atoms with Gasteiger partial charge < -0.3 is 20.3 Å². The van der Waals surface area contributed by atoms with E-state index in [1.165, 1.54) is 6.92 Å². The van der Waals surface area contributed by atoms with Gasteiger partial charge in [-0.25, -0.2) is 9.59 Å². The molecule has 0 aliphatic heterocycles.